The second-order valence-corrected chi connectivity index (χ2v) is 9.98. The molecule has 0 spiro atoms. The third-order valence-electron chi connectivity index (χ3n) is 7.35. The van der Waals surface area contributed by atoms with E-state index >= 15 is 0 Å². The van der Waals surface area contributed by atoms with Crippen LogP contribution in [0, 0.1) is 0 Å². The molecule has 0 bridgehead atoms. The molecule has 9 heteroatoms. The number of fused-ring (bicyclic) bond motifs is 2. The van der Waals surface area contributed by atoms with Gasteiger partial charge in [-0.2, -0.15) is 0 Å². The molecule has 1 atom stereocenters. The number of aliphatic hydroxyl groups is 1. The second kappa shape index (κ2) is 12.6. The monoisotopic (exact) mass is 533 g/mol. The third kappa shape index (κ3) is 6.75. The number of pyridine rings is 1. The Hall–Kier alpha value is -3.50. The van der Waals surface area contributed by atoms with Crippen molar-refractivity contribution in [2.75, 3.05) is 40.0 Å². The van der Waals surface area contributed by atoms with E-state index in [0.29, 0.717) is 49.4 Å². The largest absolute Gasteiger partial charge is 0.491 e. The first-order valence-electron chi connectivity index (χ1n) is 13.3. The van der Waals surface area contributed by atoms with Gasteiger partial charge in [-0.15, -0.1) is 0 Å². The fourth-order valence-electron chi connectivity index (χ4n) is 5.25. The van der Waals surface area contributed by atoms with Crippen molar-refractivity contribution >= 4 is 22.9 Å². The van der Waals surface area contributed by atoms with Crippen LogP contribution in [0.15, 0.2) is 48.5 Å². The lowest BCUT2D eigenvalue weighted by Gasteiger charge is -2.34. The maximum absolute atomic E-state index is 11.2. The summed E-state index contributed by atoms with van der Waals surface area (Å²) in [5, 5.41) is 24.7. The molecule has 39 heavy (non-hydrogen) atoms. The number of aromatic nitrogens is 1. The van der Waals surface area contributed by atoms with E-state index in [2.05, 4.69) is 27.3 Å². The van der Waals surface area contributed by atoms with E-state index < -0.39 is 12.1 Å². The van der Waals surface area contributed by atoms with Crippen LogP contribution in [0.2, 0.25) is 0 Å². The fourth-order valence-corrected chi connectivity index (χ4v) is 5.25. The van der Waals surface area contributed by atoms with Gasteiger partial charge in [-0.3, -0.25) is 0 Å². The molecular weight excluding hydrogens is 498 g/mol. The van der Waals surface area contributed by atoms with Crippen LogP contribution >= 0.6 is 0 Å². The number of hydrogen-bond acceptors (Lipinski definition) is 8. The number of ether oxygens (including phenoxy) is 3. The predicted molar refractivity (Wildman–Crippen MR) is 148 cm³/mol. The van der Waals surface area contributed by atoms with E-state index in [1.54, 1.807) is 19.3 Å². The average molecular weight is 534 g/mol. The van der Waals surface area contributed by atoms with Crippen LogP contribution in [0.3, 0.4) is 0 Å². The first-order chi connectivity index (χ1) is 19.0. The topological polar surface area (TPSA) is 113 Å². The van der Waals surface area contributed by atoms with Crippen LogP contribution in [0.1, 0.15) is 41.2 Å². The average Bonchev–Trinajstić information content (AvgIpc) is 3.20. The summed E-state index contributed by atoms with van der Waals surface area (Å²) in [6.45, 7) is 4.85. The van der Waals surface area contributed by atoms with E-state index in [9.17, 15) is 9.90 Å². The van der Waals surface area contributed by atoms with Gasteiger partial charge in [-0.05, 0) is 61.3 Å². The van der Waals surface area contributed by atoms with Crippen LogP contribution in [0.4, 0.5) is 0 Å². The summed E-state index contributed by atoms with van der Waals surface area (Å²) >= 11 is 0. The first-order valence-corrected chi connectivity index (χ1v) is 13.3. The molecule has 2 aliphatic heterocycles. The molecule has 1 saturated heterocycles. The molecule has 5 rings (SSSR count). The maximum atomic E-state index is 11.2. The van der Waals surface area contributed by atoms with Crippen molar-refractivity contribution in [2.45, 2.75) is 38.1 Å². The van der Waals surface area contributed by atoms with Gasteiger partial charge >= 0.3 is 5.97 Å². The summed E-state index contributed by atoms with van der Waals surface area (Å²) in [7, 11) is 1.55. The number of nitrogens with zero attached hydrogens (tertiary/aromatic N) is 2. The molecule has 1 fully saturated rings. The molecule has 0 aliphatic carbocycles. The zero-order valence-corrected chi connectivity index (χ0v) is 22.1. The molecule has 0 amide bonds. The zero-order chi connectivity index (χ0) is 27.2. The molecule has 3 N–H and O–H groups in total. The van der Waals surface area contributed by atoms with Crippen molar-refractivity contribution in [1.82, 2.24) is 15.2 Å². The number of likely N-dealkylation sites (tertiary alicyclic amines) is 1. The molecule has 2 aliphatic rings. The maximum Gasteiger partial charge on any atom is 0.328 e. The summed E-state index contributed by atoms with van der Waals surface area (Å²) < 4.78 is 16.6. The molecule has 3 aromatic rings. The van der Waals surface area contributed by atoms with Crippen LogP contribution in [0.25, 0.3) is 17.0 Å². The Morgan fingerprint density at radius 2 is 2.05 bits per heavy atom. The standard InChI is InChI=1S/C30H35N3O6/c1-37-28-8-6-24-21(4-9-29(35)36)3-5-25(30(24)32-28)26(34)18-33-12-10-23(11-13-33)31-17-20-2-7-27-22(16-20)19-38-14-15-39-27/h2-9,16,23,26,31,34H,10-15,17-19H2,1H3,(H,35,36)/b9-4+. The summed E-state index contributed by atoms with van der Waals surface area (Å²) in [4.78, 5) is 17.9. The molecule has 0 radical (unpaired) electrons. The SMILES string of the molecule is COc1ccc2c(/C=C/C(=O)O)ccc(C(O)CN3CCC(NCc4ccc5c(c4)COCCO5)CC3)c2n1. The molecule has 3 heterocycles. The lowest BCUT2D eigenvalue weighted by molar-refractivity contribution is -0.131. The number of aliphatic carboxylic acids is 1. The molecular formula is C30H35N3O6. The number of hydrogen-bond donors (Lipinski definition) is 3. The van der Waals surface area contributed by atoms with Crippen molar-refractivity contribution in [1.29, 1.82) is 0 Å². The number of methoxy groups -OCH3 is 1. The molecule has 0 saturated carbocycles. The molecule has 9 nitrogen and oxygen atoms in total. The van der Waals surface area contributed by atoms with E-state index in [-0.39, 0.29) is 0 Å². The Balaban J connectivity index is 1.19. The molecule has 206 valence electrons. The van der Waals surface area contributed by atoms with Crippen LogP contribution in [-0.4, -0.2) is 72.1 Å². The molecule has 1 unspecified atom stereocenters. The number of rotatable bonds is 9. The Morgan fingerprint density at radius 3 is 2.85 bits per heavy atom. The summed E-state index contributed by atoms with van der Waals surface area (Å²) in [6.07, 6.45) is 3.90. The van der Waals surface area contributed by atoms with Crippen molar-refractivity contribution in [2.24, 2.45) is 0 Å². The Bertz CT molecular complexity index is 1340. The highest BCUT2D eigenvalue weighted by molar-refractivity contribution is 5.94. The van der Waals surface area contributed by atoms with Gasteiger partial charge in [0.25, 0.3) is 0 Å². The van der Waals surface area contributed by atoms with E-state index in [0.717, 1.165) is 60.8 Å². The summed E-state index contributed by atoms with van der Waals surface area (Å²) in [6, 6.07) is 14.0. The lowest BCUT2D eigenvalue weighted by atomic mass is 9.98. The highest BCUT2D eigenvalue weighted by Gasteiger charge is 2.23. The first kappa shape index (κ1) is 27.1. The molecule has 1 aromatic heterocycles. The van der Waals surface area contributed by atoms with Crippen LogP contribution in [-0.2, 0) is 22.7 Å². The van der Waals surface area contributed by atoms with E-state index in [1.165, 1.54) is 5.56 Å². The highest BCUT2D eigenvalue weighted by atomic mass is 16.5. The predicted octanol–water partition coefficient (Wildman–Crippen LogP) is 3.54. The quantitative estimate of drug-likeness (QED) is 0.356. The number of piperidine rings is 1. The van der Waals surface area contributed by atoms with Gasteiger partial charge in [-0.25, -0.2) is 9.78 Å². The number of carbonyl (C=O) groups is 1. The number of aliphatic hydroxyl groups excluding tert-OH is 1. The number of carboxylic acid groups (broad SMARTS) is 1. The Morgan fingerprint density at radius 1 is 1.21 bits per heavy atom. The Labute approximate surface area is 228 Å². The van der Waals surface area contributed by atoms with Gasteiger partial charge in [0, 0.05) is 47.8 Å². The van der Waals surface area contributed by atoms with Crippen molar-refractivity contribution in [3.05, 3.63) is 70.8 Å². The minimum Gasteiger partial charge on any atom is -0.491 e. The van der Waals surface area contributed by atoms with Gasteiger partial charge in [0.15, 0.2) is 0 Å². The smallest absolute Gasteiger partial charge is 0.328 e. The van der Waals surface area contributed by atoms with Crippen molar-refractivity contribution in [3.8, 4) is 11.6 Å². The number of β-amino-alcohol motifs (C(OH)–C–C–N with tert-alkyl or cyclic N) is 1. The zero-order valence-electron chi connectivity index (χ0n) is 22.1. The van der Waals surface area contributed by atoms with Gasteiger partial charge in [-0.1, -0.05) is 18.2 Å². The minimum absolute atomic E-state index is 0.414. The number of nitrogens with one attached hydrogen (secondary N) is 1. The normalized spacial score (nSPS) is 17.5. The third-order valence-corrected chi connectivity index (χ3v) is 7.35. The van der Waals surface area contributed by atoms with Crippen LogP contribution in [0.5, 0.6) is 11.6 Å². The number of carboxylic acids is 1. The summed E-state index contributed by atoms with van der Waals surface area (Å²) in [5.74, 6) is 0.335. The van der Waals surface area contributed by atoms with Gasteiger partial charge in [0.2, 0.25) is 5.88 Å². The lowest BCUT2D eigenvalue weighted by Crippen LogP contribution is -2.43. The number of benzene rings is 2. The summed E-state index contributed by atoms with van der Waals surface area (Å²) in [5.41, 5.74) is 4.36. The second-order valence-electron chi connectivity index (χ2n) is 9.98. The van der Waals surface area contributed by atoms with Gasteiger partial charge in [0.1, 0.15) is 12.4 Å². The fraction of sp³-hybridized carbons (Fsp3) is 0.400. The van der Waals surface area contributed by atoms with E-state index in [1.807, 2.05) is 24.3 Å². The van der Waals surface area contributed by atoms with E-state index in [4.69, 9.17) is 19.3 Å². The van der Waals surface area contributed by atoms with Crippen molar-refractivity contribution < 1.29 is 29.2 Å². The van der Waals surface area contributed by atoms with Gasteiger partial charge in [0.05, 0.1) is 31.9 Å². The molecule has 2 aromatic carbocycles. The van der Waals surface area contributed by atoms with Crippen molar-refractivity contribution in [3.63, 3.8) is 0 Å². The minimum atomic E-state index is -1.02. The Kier molecular flexibility index (Phi) is 8.73. The van der Waals surface area contributed by atoms with Gasteiger partial charge < -0.3 is 34.6 Å². The van der Waals surface area contributed by atoms with Crippen LogP contribution < -0.4 is 14.8 Å². The highest BCUT2D eigenvalue weighted by Crippen LogP contribution is 2.30.